The molecule has 3 aromatic carbocycles. The van der Waals surface area contributed by atoms with Gasteiger partial charge in [0.15, 0.2) is 0 Å². The summed E-state index contributed by atoms with van der Waals surface area (Å²) >= 11 is 0. The quantitative estimate of drug-likeness (QED) is 0.500. The number of hydrogen-bond acceptors (Lipinski definition) is 4. The van der Waals surface area contributed by atoms with E-state index >= 15 is 0 Å². The summed E-state index contributed by atoms with van der Waals surface area (Å²) in [6.07, 6.45) is 5.22. The molecule has 0 atom stereocenters. The van der Waals surface area contributed by atoms with Crippen LogP contribution >= 0.6 is 0 Å². The standard InChI is InChI=1S/C23H20N4O3S/c1-26(20-5-3-2-4-6-20)31(29,30)22-13-7-18(8-14-22)23(28)25-19-9-11-21(12-10-19)27-16-15-24-17-27/h2-17H,1H3,(H,25,28). The number of carbonyl (C=O) groups excluding carboxylic acids is 1. The summed E-state index contributed by atoms with van der Waals surface area (Å²) < 4.78 is 28.8. The van der Waals surface area contributed by atoms with Gasteiger partial charge in [-0.15, -0.1) is 0 Å². The van der Waals surface area contributed by atoms with Crippen LogP contribution in [0, 0.1) is 0 Å². The minimum Gasteiger partial charge on any atom is -0.322 e. The van der Waals surface area contributed by atoms with Crippen LogP contribution in [0.2, 0.25) is 0 Å². The Morgan fingerprint density at radius 3 is 2.23 bits per heavy atom. The number of nitrogens with zero attached hydrogens (tertiary/aromatic N) is 3. The molecule has 156 valence electrons. The fourth-order valence-corrected chi connectivity index (χ4v) is 4.24. The maximum absolute atomic E-state index is 12.9. The number of anilines is 2. The zero-order valence-corrected chi connectivity index (χ0v) is 17.5. The number of nitrogens with one attached hydrogen (secondary N) is 1. The van der Waals surface area contributed by atoms with Gasteiger partial charge in [-0.05, 0) is 60.7 Å². The number of imidazole rings is 1. The number of sulfonamides is 1. The maximum atomic E-state index is 12.9. The number of para-hydroxylation sites is 1. The molecule has 0 saturated heterocycles. The summed E-state index contributed by atoms with van der Waals surface area (Å²) in [6, 6.07) is 22.0. The van der Waals surface area contributed by atoms with E-state index in [-0.39, 0.29) is 10.8 Å². The topological polar surface area (TPSA) is 84.3 Å². The lowest BCUT2D eigenvalue weighted by molar-refractivity contribution is 0.102. The first-order chi connectivity index (χ1) is 14.9. The molecular weight excluding hydrogens is 412 g/mol. The van der Waals surface area contributed by atoms with Crippen LogP contribution in [0.5, 0.6) is 0 Å². The van der Waals surface area contributed by atoms with E-state index in [1.54, 1.807) is 48.9 Å². The van der Waals surface area contributed by atoms with E-state index in [0.717, 1.165) is 5.69 Å². The van der Waals surface area contributed by atoms with Crippen LogP contribution in [0.3, 0.4) is 0 Å². The molecule has 1 aromatic heterocycles. The molecule has 7 nitrogen and oxygen atoms in total. The highest BCUT2D eigenvalue weighted by Crippen LogP contribution is 2.22. The number of rotatable bonds is 6. The molecule has 0 saturated carbocycles. The van der Waals surface area contributed by atoms with Crippen molar-refractivity contribution in [3.63, 3.8) is 0 Å². The predicted molar refractivity (Wildman–Crippen MR) is 120 cm³/mol. The number of hydrogen-bond donors (Lipinski definition) is 1. The molecule has 0 bridgehead atoms. The average Bonchev–Trinajstić information content (AvgIpc) is 3.35. The van der Waals surface area contributed by atoms with Gasteiger partial charge < -0.3 is 9.88 Å². The Kier molecular flexibility index (Phi) is 5.55. The van der Waals surface area contributed by atoms with Gasteiger partial charge in [-0.2, -0.15) is 0 Å². The van der Waals surface area contributed by atoms with Gasteiger partial charge in [-0.25, -0.2) is 13.4 Å². The molecule has 0 aliphatic carbocycles. The first-order valence-electron chi connectivity index (χ1n) is 9.49. The van der Waals surface area contributed by atoms with Crippen LogP contribution in [0.25, 0.3) is 5.69 Å². The second-order valence-electron chi connectivity index (χ2n) is 6.80. The average molecular weight is 433 g/mol. The van der Waals surface area contributed by atoms with Crippen molar-refractivity contribution < 1.29 is 13.2 Å². The van der Waals surface area contributed by atoms with Crippen molar-refractivity contribution in [1.82, 2.24) is 9.55 Å². The van der Waals surface area contributed by atoms with Crippen LogP contribution in [0.15, 0.2) is 102 Å². The van der Waals surface area contributed by atoms with Gasteiger partial charge in [0.2, 0.25) is 0 Å². The van der Waals surface area contributed by atoms with E-state index in [1.807, 2.05) is 29.0 Å². The first-order valence-corrected chi connectivity index (χ1v) is 10.9. The van der Waals surface area contributed by atoms with Crippen molar-refractivity contribution in [3.05, 3.63) is 103 Å². The minimum absolute atomic E-state index is 0.111. The molecular formula is C23H20N4O3S. The summed E-state index contributed by atoms with van der Waals surface area (Å²) in [5, 5.41) is 2.81. The number of amides is 1. The van der Waals surface area contributed by atoms with Gasteiger partial charge in [0, 0.05) is 36.4 Å². The second-order valence-corrected chi connectivity index (χ2v) is 8.77. The molecule has 4 aromatic rings. The van der Waals surface area contributed by atoms with Crippen LogP contribution in [0.1, 0.15) is 10.4 Å². The number of carbonyl (C=O) groups is 1. The third-order valence-corrected chi connectivity index (χ3v) is 6.62. The van der Waals surface area contributed by atoms with Crippen molar-refractivity contribution in [3.8, 4) is 5.69 Å². The lowest BCUT2D eigenvalue weighted by atomic mass is 10.2. The molecule has 31 heavy (non-hydrogen) atoms. The summed E-state index contributed by atoms with van der Waals surface area (Å²) in [5.74, 6) is -0.323. The van der Waals surface area contributed by atoms with Gasteiger partial charge in [-0.1, -0.05) is 18.2 Å². The zero-order chi connectivity index (χ0) is 21.8. The van der Waals surface area contributed by atoms with Gasteiger partial charge >= 0.3 is 0 Å². The van der Waals surface area contributed by atoms with Gasteiger partial charge in [0.05, 0.1) is 16.9 Å². The summed E-state index contributed by atoms with van der Waals surface area (Å²) in [7, 11) is -2.23. The van der Waals surface area contributed by atoms with E-state index < -0.39 is 10.0 Å². The van der Waals surface area contributed by atoms with Gasteiger partial charge in [0.1, 0.15) is 0 Å². The fourth-order valence-electron chi connectivity index (χ4n) is 3.05. The monoisotopic (exact) mass is 432 g/mol. The summed E-state index contributed by atoms with van der Waals surface area (Å²) in [4.78, 5) is 16.7. The van der Waals surface area contributed by atoms with Crippen molar-refractivity contribution in [2.24, 2.45) is 0 Å². The molecule has 0 aliphatic rings. The molecule has 1 N–H and O–H groups in total. The van der Waals surface area contributed by atoms with Crippen molar-refractivity contribution >= 4 is 27.3 Å². The van der Waals surface area contributed by atoms with E-state index in [4.69, 9.17) is 0 Å². The molecule has 1 amide bonds. The van der Waals surface area contributed by atoms with Crippen molar-refractivity contribution in [1.29, 1.82) is 0 Å². The predicted octanol–water partition coefficient (Wildman–Crippen LogP) is 3.95. The Hall–Kier alpha value is -3.91. The molecule has 0 unspecified atom stereocenters. The molecule has 0 radical (unpaired) electrons. The van der Waals surface area contributed by atoms with Crippen LogP contribution in [-0.2, 0) is 10.0 Å². The van der Waals surface area contributed by atoms with Crippen molar-refractivity contribution in [2.45, 2.75) is 4.90 Å². The SMILES string of the molecule is CN(c1ccccc1)S(=O)(=O)c1ccc(C(=O)Nc2ccc(-n3ccnc3)cc2)cc1. The van der Waals surface area contributed by atoms with E-state index in [0.29, 0.717) is 16.9 Å². The smallest absolute Gasteiger partial charge is 0.264 e. The zero-order valence-electron chi connectivity index (χ0n) is 16.7. The molecule has 4 rings (SSSR count). The Morgan fingerprint density at radius 1 is 0.935 bits per heavy atom. The van der Waals surface area contributed by atoms with E-state index in [9.17, 15) is 13.2 Å². The largest absolute Gasteiger partial charge is 0.322 e. The van der Waals surface area contributed by atoms with E-state index in [2.05, 4.69) is 10.3 Å². The molecule has 1 heterocycles. The van der Waals surface area contributed by atoms with Gasteiger partial charge in [0.25, 0.3) is 15.9 Å². The first kappa shape index (κ1) is 20.4. The summed E-state index contributed by atoms with van der Waals surface area (Å²) in [5.41, 5.74) is 2.48. The van der Waals surface area contributed by atoms with Crippen molar-refractivity contribution in [2.75, 3.05) is 16.7 Å². The highest BCUT2D eigenvalue weighted by Gasteiger charge is 2.21. The minimum atomic E-state index is -3.73. The lowest BCUT2D eigenvalue weighted by Crippen LogP contribution is -2.26. The highest BCUT2D eigenvalue weighted by molar-refractivity contribution is 7.92. The van der Waals surface area contributed by atoms with E-state index in [1.165, 1.54) is 35.6 Å². The number of benzene rings is 3. The third kappa shape index (κ3) is 4.34. The van der Waals surface area contributed by atoms with Crippen LogP contribution in [0.4, 0.5) is 11.4 Å². The Morgan fingerprint density at radius 2 is 1.61 bits per heavy atom. The highest BCUT2D eigenvalue weighted by atomic mass is 32.2. The Balaban J connectivity index is 1.47. The Bertz CT molecular complexity index is 1270. The maximum Gasteiger partial charge on any atom is 0.264 e. The molecule has 0 fully saturated rings. The lowest BCUT2D eigenvalue weighted by Gasteiger charge is -2.19. The van der Waals surface area contributed by atoms with Crippen LogP contribution in [-0.4, -0.2) is 30.9 Å². The normalized spacial score (nSPS) is 11.1. The molecule has 0 spiro atoms. The fraction of sp³-hybridized carbons (Fsp3) is 0.0435. The van der Waals surface area contributed by atoms with Crippen LogP contribution < -0.4 is 9.62 Å². The summed E-state index contributed by atoms with van der Waals surface area (Å²) in [6.45, 7) is 0. The Labute approximate surface area is 180 Å². The second kappa shape index (κ2) is 8.45. The third-order valence-electron chi connectivity index (χ3n) is 4.82. The molecule has 8 heteroatoms. The molecule has 0 aliphatic heterocycles. The van der Waals surface area contributed by atoms with Gasteiger partial charge in [-0.3, -0.25) is 9.10 Å². The number of aromatic nitrogens is 2.